The summed E-state index contributed by atoms with van der Waals surface area (Å²) in [6.45, 7) is 0. The lowest BCUT2D eigenvalue weighted by atomic mass is 9.76. The molecule has 2 atom stereocenters. The van der Waals surface area contributed by atoms with Gasteiger partial charge in [0.25, 0.3) is 0 Å². The van der Waals surface area contributed by atoms with Crippen molar-refractivity contribution in [2.24, 2.45) is 11.7 Å². The van der Waals surface area contributed by atoms with Gasteiger partial charge in [0.1, 0.15) is 12.4 Å². The second kappa shape index (κ2) is 5.80. The van der Waals surface area contributed by atoms with E-state index in [9.17, 15) is 15.0 Å². The normalized spacial score (nSPS) is 20.2. The Hall–Kier alpha value is -0.940. The number of nitrogens with two attached hydrogens (primary N) is 1. The van der Waals surface area contributed by atoms with Crippen LogP contribution in [0.2, 0.25) is 0 Å². The van der Waals surface area contributed by atoms with E-state index >= 15 is 0 Å². The lowest BCUT2D eigenvalue weighted by Gasteiger charge is -2.38. The van der Waals surface area contributed by atoms with Crippen LogP contribution in [-0.4, -0.2) is 22.6 Å². The summed E-state index contributed by atoms with van der Waals surface area (Å²) in [4.78, 5) is 10.5. The van der Waals surface area contributed by atoms with Crippen LogP contribution in [0.4, 0.5) is 0 Å². The molecule has 0 aromatic heterocycles. The summed E-state index contributed by atoms with van der Waals surface area (Å²) >= 11 is 0. The number of hydrogen-bond acceptors (Lipinski definition) is 4. The Morgan fingerprint density at radius 3 is 2.28 bits per heavy atom. The monoisotopic (exact) mass is 271 g/mol. The van der Waals surface area contributed by atoms with E-state index in [4.69, 9.17) is 5.73 Å². The van der Waals surface area contributed by atoms with Crippen molar-refractivity contribution in [3.8, 4) is 0 Å². The molecule has 1 fully saturated rings. The molecule has 0 unspecified atom stereocenters. The van der Waals surface area contributed by atoms with Gasteiger partial charge in [-0.3, -0.25) is 10.5 Å². The van der Waals surface area contributed by atoms with Gasteiger partial charge in [0, 0.05) is 11.1 Å². The Kier molecular flexibility index (Phi) is 4.87. The highest BCUT2D eigenvalue weighted by Gasteiger charge is 2.40. The second-order valence-electron chi connectivity index (χ2n) is 4.70. The Balaban J connectivity index is 0.00000162. The average molecular weight is 272 g/mol. The minimum Gasteiger partial charge on any atom is -0.388 e. The Bertz CT molecular complexity index is 401. The maximum Gasteiger partial charge on any atom is 0.166 e. The lowest BCUT2D eigenvalue weighted by molar-refractivity contribution is -0.117. The van der Waals surface area contributed by atoms with E-state index in [1.165, 1.54) is 0 Å². The summed E-state index contributed by atoms with van der Waals surface area (Å²) in [5.41, 5.74) is 5.01. The number of rotatable bonds is 4. The highest BCUT2D eigenvalue weighted by molar-refractivity contribution is 5.85. The fourth-order valence-electron chi connectivity index (χ4n) is 2.11. The van der Waals surface area contributed by atoms with Crippen LogP contribution >= 0.6 is 12.4 Å². The van der Waals surface area contributed by atoms with E-state index in [0.29, 0.717) is 11.1 Å². The summed E-state index contributed by atoms with van der Waals surface area (Å²) in [5.74, 6) is 0.0655. The fourth-order valence-corrected chi connectivity index (χ4v) is 2.11. The van der Waals surface area contributed by atoms with Crippen molar-refractivity contribution in [1.29, 1.82) is 0 Å². The predicted octanol–water partition coefficient (Wildman–Crippen LogP) is 1.19. The molecular weight excluding hydrogens is 254 g/mol. The van der Waals surface area contributed by atoms with Crippen LogP contribution in [-0.2, 0) is 5.72 Å². The van der Waals surface area contributed by atoms with Crippen molar-refractivity contribution >= 4 is 18.7 Å². The number of halogens is 1. The van der Waals surface area contributed by atoms with Crippen molar-refractivity contribution in [3.63, 3.8) is 0 Å². The zero-order valence-corrected chi connectivity index (χ0v) is 10.8. The summed E-state index contributed by atoms with van der Waals surface area (Å²) in [5, 5.41) is 20.2. The van der Waals surface area contributed by atoms with Crippen LogP contribution < -0.4 is 5.73 Å². The standard InChI is InChI=1S/C13H17NO3.ClH/c14-13(17,12(16)10-2-1-3-10)11-6-4-9(8-15)5-7-11;/h4-8,10,12,16-17H,1-3,14H2;1H/t12-,13-;/m1./s1. The average Bonchev–Trinajstić information content (AvgIpc) is 2.27. The smallest absolute Gasteiger partial charge is 0.166 e. The van der Waals surface area contributed by atoms with Crippen LogP contribution in [0.1, 0.15) is 35.2 Å². The van der Waals surface area contributed by atoms with Crippen LogP contribution in [0.15, 0.2) is 24.3 Å². The van der Waals surface area contributed by atoms with Crippen molar-refractivity contribution < 1.29 is 15.0 Å². The first-order chi connectivity index (χ1) is 8.05. The van der Waals surface area contributed by atoms with Gasteiger partial charge < -0.3 is 10.2 Å². The van der Waals surface area contributed by atoms with Crippen molar-refractivity contribution in [3.05, 3.63) is 35.4 Å². The molecule has 2 rings (SSSR count). The second-order valence-corrected chi connectivity index (χ2v) is 4.70. The van der Waals surface area contributed by atoms with E-state index in [-0.39, 0.29) is 18.3 Å². The zero-order chi connectivity index (χ0) is 12.5. The van der Waals surface area contributed by atoms with Gasteiger partial charge in [-0.25, -0.2) is 0 Å². The molecule has 0 amide bonds. The minimum atomic E-state index is -1.74. The maximum atomic E-state index is 10.5. The van der Waals surface area contributed by atoms with Crippen LogP contribution in [0, 0.1) is 5.92 Å². The molecule has 1 saturated carbocycles. The third kappa shape index (κ3) is 2.72. The number of carbonyl (C=O) groups excluding carboxylic acids is 1. The van der Waals surface area contributed by atoms with Gasteiger partial charge in [-0.05, 0) is 18.8 Å². The molecule has 1 aliphatic carbocycles. The summed E-state index contributed by atoms with van der Waals surface area (Å²) in [6.07, 6.45) is 2.63. The van der Waals surface area contributed by atoms with E-state index in [2.05, 4.69) is 0 Å². The van der Waals surface area contributed by atoms with E-state index in [0.717, 1.165) is 25.5 Å². The van der Waals surface area contributed by atoms with E-state index in [1.807, 2.05) is 0 Å². The largest absolute Gasteiger partial charge is 0.388 e. The summed E-state index contributed by atoms with van der Waals surface area (Å²) < 4.78 is 0. The number of aliphatic hydroxyl groups is 2. The molecule has 18 heavy (non-hydrogen) atoms. The molecule has 100 valence electrons. The van der Waals surface area contributed by atoms with Crippen molar-refractivity contribution in [2.75, 3.05) is 0 Å². The fraction of sp³-hybridized carbons (Fsp3) is 0.462. The van der Waals surface area contributed by atoms with Gasteiger partial charge in [-0.1, -0.05) is 30.7 Å². The number of aliphatic hydroxyl groups excluding tert-OH is 1. The molecule has 0 bridgehead atoms. The van der Waals surface area contributed by atoms with Gasteiger partial charge >= 0.3 is 0 Å². The highest BCUT2D eigenvalue weighted by Crippen LogP contribution is 2.36. The molecule has 1 aliphatic rings. The van der Waals surface area contributed by atoms with Crippen LogP contribution in [0.3, 0.4) is 0 Å². The molecule has 0 heterocycles. The molecule has 4 nitrogen and oxygen atoms in total. The molecular formula is C13H18ClNO3. The maximum absolute atomic E-state index is 10.5. The highest BCUT2D eigenvalue weighted by atomic mass is 35.5. The van der Waals surface area contributed by atoms with E-state index in [1.54, 1.807) is 24.3 Å². The Labute approximate surface area is 112 Å². The van der Waals surface area contributed by atoms with Crippen molar-refractivity contribution in [2.45, 2.75) is 31.1 Å². The van der Waals surface area contributed by atoms with Crippen LogP contribution in [0.5, 0.6) is 0 Å². The van der Waals surface area contributed by atoms with Gasteiger partial charge in [0.15, 0.2) is 5.72 Å². The SMILES string of the molecule is Cl.N[C@@](O)(c1ccc(C=O)cc1)[C@H](O)C1CCC1. The van der Waals surface area contributed by atoms with Gasteiger partial charge in [-0.2, -0.15) is 0 Å². The molecule has 0 radical (unpaired) electrons. The first-order valence-corrected chi connectivity index (χ1v) is 5.80. The minimum absolute atomic E-state index is 0. The van der Waals surface area contributed by atoms with Crippen LogP contribution in [0.25, 0.3) is 0 Å². The molecule has 0 spiro atoms. The lowest BCUT2D eigenvalue weighted by Crippen LogP contribution is -2.52. The summed E-state index contributed by atoms with van der Waals surface area (Å²) in [6, 6.07) is 6.30. The number of benzene rings is 1. The summed E-state index contributed by atoms with van der Waals surface area (Å²) in [7, 11) is 0. The molecule has 1 aromatic rings. The molecule has 0 saturated heterocycles. The number of aldehydes is 1. The van der Waals surface area contributed by atoms with E-state index < -0.39 is 11.8 Å². The molecule has 0 aliphatic heterocycles. The first kappa shape index (κ1) is 15.1. The third-order valence-electron chi connectivity index (χ3n) is 3.56. The zero-order valence-electron chi connectivity index (χ0n) is 9.95. The number of hydrogen-bond donors (Lipinski definition) is 3. The van der Waals surface area contributed by atoms with Gasteiger partial charge in [0.2, 0.25) is 0 Å². The quantitative estimate of drug-likeness (QED) is 0.567. The topological polar surface area (TPSA) is 83.5 Å². The molecule has 1 aromatic carbocycles. The Morgan fingerprint density at radius 2 is 1.89 bits per heavy atom. The third-order valence-corrected chi connectivity index (χ3v) is 3.56. The van der Waals surface area contributed by atoms with Crippen molar-refractivity contribution in [1.82, 2.24) is 0 Å². The number of carbonyl (C=O) groups is 1. The van der Waals surface area contributed by atoms with Gasteiger partial charge in [0.05, 0.1) is 0 Å². The predicted molar refractivity (Wildman–Crippen MR) is 70.5 cm³/mol. The molecule has 5 heteroatoms. The Morgan fingerprint density at radius 1 is 1.33 bits per heavy atom. The molecule has 4 N–H and O–H groups in total. The first-order valence-electron chi connectivity index (χ1n) is 5.80. The van der Waals surface area contributed by atoms with Gasteiger partial charge in [-0.15, -0.1) is 12.4 Å².